The first kappa shape index (κ1) is 16.2. The molecule has 3 nitrogen and oxygen atoms in total. The maximum absolute atomic E-state index is 6.27. The summed E-state index contributed by atoms with van der Waals surface area (Å²) in [6, 6.07) is 16.5. The van der Waals surface area contributed by atoms with Crippen LogP contribution in [-0.4, -0.2) is 34.7 Å². The monoisotopic (exact) mass is 345 g/mol. The van der Waals surface area contributed by atoms with E-state index in [-0.39, 0.29) is 0 Å². The third-order valence-electron chi connectivity index (χ3n) is 3.96. The Morgan fingerprint density at radius 1 is 1.17 bits per heavy atom. The van der Waals surface area contributed by atoms with Gasteiger partial charge in [-0.15, -0.1) is 0 Å². The second-order valence-corrected chi connectivity index (χ2v) is 6.65. The summed E-state index contributed by atoms with van der Waals surface area (Å²) in [6.45, 7) is 5.76. The van der Waals surface area contributed by atoms with Gasteiger partial charge in [0.1, 0.15) is 0 Å². The van der Waals surface area contributed by atoms with Gasteiger partial charge in [-0.05, 0) is 42.4 Å². The van der Waals surface area contributed by atoms with Crippen LogP contribution in [0.2, 0.25) is 5.02 Å². The minimum Gasteiger partial charge on any atom is -0.335 e. The molecule has 1 N–H and O–H groups in total. The van der Waals surface area contributed by atoms with Gasteiger partial charge in [-0.25, -0.2) is 0 Å². The molecule has 3 rings (SSSR count). The van der Waals surface area contributed by atoms with Crippen molar-refractivity contribution in [1.29, 1.82) is 0 Å². The van der Waals surface area contributed by atoms with Crippen LogP contribution in [0.5, 0.6) is 0 Å². The molecule has 1 aliphatic rings. The van der Waals surface area contributed by atoms with E-state index in [1.807, 2.05) is 31.2 Å². The zero-order valence-electron chi connectivity index (χ0n) is 13.1. The predicted octanol–water partition coefficient (Wildman–Crippen LogP) is 4.12. The van der Waals surface area contributed by atoms with Gasteiger partial charge in [-0.3, -0.25) is 4.90 Å². The highest BCUT2D eigenvalue weighted by Gasteiger charge is 2.22. The molecule has 120 valence electrons. The number of aryl methyl sites for hydroxylation is 1. The van der Waals surface area contributed by atoms with E-state index in [2.05, 4.69) is 39.4 Å². The standard InChI is InChI=1S/C18H20ClN3S/c1-14-7-8-17(16(19)11-14)20-18(23)22-10-9-21(13-22)12-15-5-3-2-4-6-15/h2-8,11H,9-10,12-13H2,1H3,(H,20,23). The van der Waals surface area contributed by atoms with E-state index in [0.717, 1.165) is 42.7 Å². The van der Waals surface area contributed by atoms with Crippen molar-refractivity contribution in [2.45, 2.75) is 13.5 Å². The van der Waals surface area contributed by atoms with Gasteiger partial charge in [-0.2, -0.15) is 0 Å². The third kappa shape index (κ3) is 4.22. The summed E-state index contributed by atoms with van der Waals surface area (Å²) in [6.07, 6.45) is 0. The van der Waals surface area contributed by atoms with Crippen molar-refractivity contribution in [2.75, 3.05) is 25.1 Å². The van der Waals surface area contributed by atoms with Crippen LogP contribution < -0.4 is 5.32 Å². The number of thiocarbonyl (C=S) groups is 1. The lowest BCUT2D eigenvalue weighted by atomic mass is 10.2. The van der Waals surface area contributed by atoms with Crippen LogP contribution in [0.1, 0.15) is 11.1 Å². The normalized spacial score (nSPS) is 15.0. The lowest BCUT2D eigenvalue weighted by molar-refractivity contribution is 0.295. The van der Waals surface area contributed by atoms with Crippen LogP contribution in [0.15, 0.2) is 48.5 Å². The van der Waals surface area contributed by atoms with E-state index in [9.17, 15) is 0 Å². The second kappa shape index (κ2) is 7.30. The van der Waals surface area contributed by atoms with Crippen molar-refractivity contribution in [3.8, 4) is 0 Å². The van der Waals surface area contributed by atoms with E-state index in [1.165, 1.54) is 5.56 Å². The maximum Gasteiger partial charge on any atom is 0.174 e. The summed E-state index contributed by atoms with van der Waals surface area (Å²) in [4.78, 5) is 4.56. The number of benzene rings is 2. The molecule has 1 aliphatic heterocycles. The van der Waals surface area contributed by atoms with Gasteiger partial charge in [0, 0.05) is 19.6 Å². The fourth-order valence-corrected chi connectivity index (χ4v) is 3.24. The number of hydrogen-bond donors (Lipinski definition) is 1. The van der Waals surface area contributed by atoms with Crippen LogP contribution in [-0.2, 0) is 6.54 Å². The van der Waals surface area contributed by atoms with Gasteiger partial charge in [0.15, 0.2) is 5.11 Å². The van der Waals surface area contributed by atoms with Gasteiger partial charge >= 0.3 is 0 Å². The van der Waals surface area contributed by atoms with E-state index in [4.69, 9.17) is 23.8 Å². The molecule has 1 saturated heterocycles. The van der Waals surface area contributed by atoms with Crippen LogP contribution in [0.4, 0.5) is 5.69 Å². The first-order valence-electron chi connectivity index (χ1n) is 7.70. The fourth-order valence-electron chi connectivity index (χ4n) is 2.70. The Balaban J connectivity index is 1.57. The van der Waals surface area contributed by atoms with Gasteiger partial charge in [0.05, 0.1) is 17.4 Å². The molecule has 0 saturated carbocycles. The fraction of sp³-hybridized carbons (Fsp3) is 0.278. The number of halogens is 1. The molecule has 0 aliphatic carbocycles. The smallest absolute Gasteiger partial charge is 0.174 e. The quantitative estimate of drug-likeness (QED) is 0.843. The van der Waals surface area contributed by atoms with Crippen LogP contribution in [0.25, 0.3) is 0 Å². The van der Waals surface area contributed by atoms with E-state index < -0.39 is 0 Å². The summed E-state index contributed by atoms with van der Waals surface area (Å²) in [5, 5.41) is 4.69. The lowest BCUT2D eigenvalue weighted by Crippen LogP contribution is -2.34. The number of anilines is 1. The molecule has 0 radical (unpaired) electrons. The molecule has 5 heteroatoms. The van der Waals surface area contributed by atoms with E-state index in [1.54, 1.807) is 0 Å². The maximum atomic E-state index is 6.27. The molecule has 2 aromatic carbocycles. The van der Waals surface area contributed by atoms with Gasteiger partial charge in [-0.1, -0.05) is 48.0 Å². The molecule has 0 atom stereocenters. The van der Waals surface area contributed by atoms with Crippen LogP contribution in [0, 0.1) is 6.92 Å². The molecule has 2 aromatic rings. The number of rotatable bonds is 3. The van der Waals surface area contributed by atoms with E-state index >= 15 is 0 Å². The highest BCUT2D eigenvalue weighted by molar-refractivity contribution is 7.80. The summed E-state index contributed by atoms with van der Waals surface area (Å²) in [5.74, 6) is 0. The first-order valence-corrected chi connectivity index (χ1v) is 8.49. The molecule has 0 spiro atoms. The Bertz CT molecular complexity index is 690. The molecule has 0 amide bonds. The SMILES string of the molecule is Cc1ccc(NC(=S)N2CCN(Cc3ccccc3)C2)c(Cl)c1. The second-order valence-electron chi connectivity index (χ2n) is 5.86. The number of nitrogens with one attached hydrogen (secondary N) is 1. The summed E-state index contributed by atoms with van der Waals surface area (Å²) >= 11 is 11.8. The lowest BCUT2D eigenvalue weighted by Gasteiger charge is -2.22. The zero-order chi connectivity index (χ0) is 16.2. The Morgan fingerprint density at radius 2 is 1.96 bits per heavy atom. The molecule has 0 bridgehead atoms. The van der Waals surface area contributed by atoms with Crippen molar-refractivity contribution >= 4 is 34.6 Å². The first-order chi connectivity index (χ1) is 11.1. The van der Waals surface area contributed by atoms with Crippen molar-refractivity contribution in [3.05, 3.63) is 64.7 Å². The summed E-state index contributed by atoms with van der Waals surface area (Å²) in [5.41, 5.74) is 3.33. The van der Waals surface area contributed by atoms with Gasteiger partial charge < -0.3 is 10.2 Å². The topological polar surface area (TPSA) is 18.5 Å². The Morgan fingerprint density at radius 3 is 2.70 bits per heavy atom. The molecule has 1 fully saturated rings. The number of nitrogens with zero attached hydrogens (tertiary/aromatic N) is 2. The van der Waals surface area contributed by atoms with Gasteiger partial charge in [0.2, 0.25) is 0 Å². The highest BCUT2D eigenvalue weighted by atomic mass is 35.5. The van der Waals surface area contributed by atoms with Crippen molar-refractivity contribution in [3.63, 3.8) is 0 Å². The molecule has 23 heavy (non-hydrogen) atoms. The Labute approximate surface area is 147 Å². The van der Waals surface area contributed by atoms with Crippen molar-refractivity contribution in [2.24, 2.45) is 0 Å². The zero-order valence-corrected chi connectivity index (χ0v) is 14.7. The Hall–Kier alpha value is -1.62. The molecular weight excluding hydrogens is 326 g/mol. The van der Waals surface area contributed by atoms with Gasteiger partial charge in [0.25, 0.3) is 0 Å². The largest absolute Gasteiger partial charge is 0.335 e. The van der Waals surface area contributed by atoms with Crippen LogP contribution in [0.3, 0.4) is 0 Å². The minimum absolute atomic E-state index is 0.702. The average molecular weight is 346 g/mol. The molecule has 1 heterocycles. The highest BCUT2D eigenvalue weighted by Crippen LogP contribution is 2.23. The average Bonchev–Trinajstić information content (AvgIpc) is 3.00. The van der Waals surface area contributed by atoms with E-state index in [0.29, 0.717) is 5.02 Å². The third-order valence-corrected chi connectivity index (χ3v) is 4.63. The predicted molar refractivity (Wildman–Crippen MR) is 101 cm³/mol. The summed E-state index contributed by atoms with van der Waals surface area (Å²) < 4.78 is 0. The van der Waals surface area contributed by atoms with Crippen molar-refractivity contribution < 1.29 is 0 Å². The number of hydrogen-bond acceptors (Lipinski definition) is 2. The van der Waals surface area contributed by atoms with Crippen LogP contribution >= 0.6 is 23.8 Å². The Kier molecular flexibility index (Phi) is 5.16. The summed E-state index contributed by atoms with van der Waals surface area (Å²) in [7, 11) is 0. The molecule has 0 unspecified atom stereocenters. The minimum atomic E-state index is 0.702. The molecule has 0 aromatic heterocycles. The van der Waals surface area contributed by atoms with Crippen molar-refractivity contribution in [1.82, 2.24) is 9.80 Å². The molecular formula is C18H20ClN3S.